The minimum Gasteiger partial charge on any atom is -0.376 e. The average Bonchev–Trinajstić information content (AvgIpc) is 2.18. The number of nitrogens with one attached hydrogen (secondary N) is 1. The third-order valence-corrected chi connectivity index (χ3v) is 2.38. The Morgan fingerprint density at radius 2 is 1.92 bits per heavy atom. The van der Waals surface area contributed by atoms with Gasteiger partial charge < -0.3 is 11.1 Å². The van der Waals surface area contributed by atoms with E-state index in [1.54, 1.807) is 0 Å². The van der Waals surface area contributed by atoms with Gasteiger partial charge in [-0.05, 0) is 11.1 Å². The Morgan fingerprint density at radius 1 is 1.23 bits per heavy atom. The summed E-state index contributed by atoms with van der Waals surface area (Å²) < 4.78 is 0. The van der Waals surface area contributed by atoms with Crippen LogP contribution in [0.4, 0.5) is 5.69 Å². The third kappa shape index (κ3) is 2.56. The first-order chi connectivity index (χ1) is 6.33. The molecule has 1 rings (SSSR count). The predicted octanol–water partition coefficient (Wildman–Crippen LogP) is 1.87. The second-order valence-electron chi connectivity index (χ2n) is 2.65. The number of hydrogen-bond donors (Lipinski definition) is 4. The van der Waals surface area contributed by atoms with E-state index in [-0.39, 0.29) is 0 Å². The minimum atomic E-state index is 0.539. The molecule has 0 heterocycles. The lowest BCUT2D eigenvalue weighted by atomic mass is 10.1. The first-order valence-electron chi connectivity index (χ1n) is 4.10. The highest BCUT2D eigenvalue weighted by Crippen LogP contribution is 2.22. The highest BCUT2D eigenvalue weighted by atomic mass is 32.1. The van der Waals surface area contributed by atoms with E-state index in [1.165, 1.54) is 5.56 Å². The van der Waals surface area contributed by atoms with Gasteiger partial charge in [0.05, 0.1) is 5.88 Å². The molecule has 2 nitrogen and oxygen atoms in total. The van der Waals surface area contributed by atoms with Crippen molar-refractivity contribution in [2.24, 2.45) is 5.73 Å². The van der Waals surface area contributed by atoms with Crippen molar-refractivity contribution in [1.82, 2.24) is 0 Å². The van der Waals surface area contributed by atoms with Crippen LogP contribution in [0.2, 0.25) is 0 Å². The van der Waals surface area contributed by atoms with Crippen molar-refractivity contribution in [1.29, 1.82) is 0 Å². The Labute approximate surface area is 89.7 Å². The molecule has 4 heteroatoms. The molecule has 0 radical (unpaired) electrons. The van der Waals surface area contributed by atoms with Gasteiger partial charge in [0.2, 0.25) is 0 Å². The van der Waals surface area contributed by atoms with Crippen LogP contribution in [0.5, 0.6) is 0 Å². The maximum atomic E-state index is 5.61. The van der Waals surface area contributed by atoms with E-state index >= 15 is 0 Å². The van der Waals surface area contributed by atoms with Gasteiger partial charge in [0.1, 0.15) is 0 Å². The van der Waals surface area contributed by atoms with Crippen LogP contribution in [-0.2, 0) is 12.3 Å². The van der Waals surface area contributed by atoms with Crippen LogP contribution in [0.15, 0.2) is 18.2 Å². The third-order valence-electron chi connectivity index (χ3n) is 1.88. The summed E-state index contributed by atoms with van der Waals surface area (Å²) in [7, 11) is 0. The van der Waals surface area contributed by atoms with Gasteiger partial charge in [-0.2, -0.15) is 25.3 Å². The Balaban J connectivity index is 3.05. The molecule has 0 spiro atoms. The van der Waals surface area contributed by atoms with Crippen LogP contribution < -0.4 is 11.1 Å². The van der Waals surface area contributed by atoms with Crippen molar-refractivity contribution in [3.8, 4) is 0 Å². The summed E-state index contributed by atoms with van der Waals surface area (Å²) in [4.78, 5) is 0. The van der Waals surface area contributed by atoms with E-state index in [9.17, 15) is 0 Å². The predicted molar refractivity (Wildman–Crippen MR) is 64.5 cm³/mol. The molecule has 72 valence electrons. The van der Waals surface area contributed by atoms with E-state index in [0.29, 0.717) is 18.2 Å². The van der Waals surface area contributed by atoms with Crippen LogP contribution in [0, 0.1) is 0 Å². The first-order valence-corrected chi connectivity index (χ1v) is 5.36. The summed E-state index contributed by atoms with van der Waals surface area (Å²) in [5.41, 5.74) is 8.97. The maximum Gasteiger partial charge on any atom is 0.0581 e. The maximum absolute atomic E-state index is 5.61. The number of anilines is 1. The summed E-state index contributed by atoms with van der Waals surface area (Å²) in [6, 6.07) is 6.05. The van der Waals surface area contributed by atoms with Crippen molar-refractivity contribution in [2.75, 3.05) is 11.2 Å². The smallest absolute Gasteiger partial charge is 0.0581 e. The fraction of sp³-hybridized carbons (Fsp3) is 0.333. The van der Waals surface area contributed by atoms with E-state index in [2.05, 4.69) is 30.6 Å². The SMILES string of the molecule is NCc1cccc(CS)c1NCS. The zero-order valence-electron chi connectivity index (χ0n) is 7.33. The molecule has 0 aliphatic heterocycles. The Hall–Kier alpha value is -0.320. The minimum absolute atomic E-state index is 0.539. The van der Waals surface area contributed by atoms with Crippen molar-refractivity contribution in [2.45, 2.75) is 12.3 Å². The van der Waals surface area contributed by atoms with Gasteiger partial charge in [0.25, 0.3) is 0 Å². The molecule has 0 fully saturated rings. The van der Waals surface area contributed by atoms with Crippen LogP contribution in [0.1, 0.15) is 11.1 Å². The highest BCUT2D eigenvalue weighted by molar-refractivity contribution is 7.80. The fourth-order valence-corrected chi connectivity index (χ4v) is 1.68. The summed E-state index contributed by atoms with van der Waals surface area (Å²) in [5, 5.41) is 3.18. The van der Waals surface area contributed by atoms with Crippen molar-refractivity contribution < 1.29 is 0 Å². The Morgan fingerprint density at radius 3 is 2.46 bits per heavy atom. The topological polar surface area (TPSA) is 38.0 Å². The van der Waals surface area contributed by atoms with E-state index in [4.69, 9.17) is 5.73 Å². The molecular weight excluding hydrogens is 200 g/mol. The zero-order valence-corrected chi connectivity index (χ0v) is 9.11. The number of thiol groups is 2. The molecule has 0 bridgehead atoms. The van der Waals surface area contributed by atoms with Crippen LogP contribution in [-0.4, -0.2) is 5.88 Å². The molecule has 0 atom stereocenters. The summed E-state index contributed by atoms with van der Waals surface area (Å²) in [6.07, 6.45) is 0. The molecule has 0 amide bonds. The first kappa shape index (κ1) is 10.8. The molecule has 0 aliphatic rings. The van der Waals surface area contributed by atoms with Gasteiger partial charge in [-0.3, -0.25) is 0 Å². The lowest BCUT2D eigenvalue weighted by Gasteiger charge is -2.12. The van der Waals surface area contributed by atoms with Crippen LogP contribution >= 0.6 is 25.3 Å². The number of hydrogen-bond acceptors (Lipinski definition) is 4. The number of para-hydroxylation sites is 1. The zero-order chi connectivity index (χ0) is 9.68. The largest absolute Gasteiger partial charge is 0.376 e. The molecule has 0 saturated heterocycles. The summed E-state index contributed by atoms with van der Waals surface area (Å²) >= 11 is 8.38. The normalized spacial score (nSPS) is 10.1. The van der Waals surface area contributed by atoms with Crippen molar-refractivity contribution in [3.63, 3.8) is 0 Å². The quantitative estimate of drug-likeness (QED) is 0.456. The molecule has 13 heavy (non-hydrogen) atoms. The van der Waals surface area contributed by atoms with Gasteiger partial charge in [-0.25, -0.2) is 0 Å². The summed E-state index contributed by atoms with van der Waals surface area (Å²) in [6.45, 7) is 0.539. The standard InChI is InChI=1S/C9H14N2S2/c10-4-7-2-1-3-8(5-12)9(7)11-6-13/h1-3,11-13H,4-6,10H2. The molecule has 1 aromatic carbocycles. The van der Waals surface area contributed by atoms with Gasteiger partial charge in [-0.1, -0.05) is 18.2 Å². The van der Waals surface area contributed by atoms with E-state index < -0.39 is 0 Å². The Kier molecular flexibility index (Phi) is 4.48. The molecule has 1 aromatic rings. The molecular formula is C9H14N2S2. The Bertz CT molecular complexity index is 254. The fourth-order valence-electron chi connectivity index (χ4n) is 1.26. The molecule has 0 aromatic heterocycles. The van der Waals surface area contributed by atoms with Gasteiger partial charge in [0.15, 0.2) is 0 Å². The average molecular weight is 214 g/mol. The highest BCUT2D eigenvalue weighted by Gasteiger charge is 2.04. The van der Waals surface area contributed by atoms with Gasteiger partial charge in [0, 0.05) is 18.0 Å². The van der Waals surface area contributed by atoms with Crippen molar-refractivity contribution in [3.05, 3.63) is 29.3 Å². The van der Waals surface area contributed by atoms with Gasteiger partial charge in [-0.15, -0.1) is 0 Å². The van der Waals surface area contributed by atoms with E-state index in [0.717, 1.165) is 11.3 Å². The number of rotatable bonds is 4. The van der Waals surface area contributed by atoms with Gasteiger partial charge >= 0.3 is 0 Å². The summed E-state index contributed by atoms with van der Waals surface area (Å²) in [5.74, 6) is 1.32. The van der Waals surface area contributed by atoms with Crippen LogP contribution in [0.25, 0.3) is 0 Å². The van der Waals surface area contributed by atoms with Crippen LogP contribution in [0.3, 0.4) is 0 Å². The van der Waals surface area contributed by atoms with Crippen molar-refractivity contribution >= 4 is 30.9 Å². The molecule has 3 N–H and O–H groups in total. The molecule has 0 aliphatic carbocycles. The monoisotopic (exact) mass is 214 g/mol. The molecule has 0 unspecified atom stereocenters. The number of benzene rings is 1. The van der Waals surface area contributed by atoms with E-state index in [1.807, 2.05) is 18.2 Å². The lowest BCUT2D eigenvalue weighted by Crippen LogP contribution is -2.06. The second kappa shape index (κ2) is 5.42. The molecule has 0 saturated carbocycles. The number of nitrogens with two attached hydrogens (primary N) is 1. The second-order valence-corrected chi connectivity index (χ2v) is 3.28. The lowest BCUT2D eigenvalue weighted by molar-refractivity contribution is 1.06.